The number of ether oxygens (including phenoxy) is 1. The van der Waals surface area contributed by atoms with E-state index >= 15 is 0 Å². The van der Waals surface area contributed by atoms with E-state index in [1.807, 2.05) is 11.4 Å². The minimum atomic E-state index is -0.954. The van der Waals surface area contributed by atoms with Crippen LogP contribution in [0.4, 0.5) is 0 Å². The van der Waals surface area contributed by atoms with Gasteiger partial charge >= 0.3 is 5.97 Å². The first-order valence-electron chi connectivity index (χ1n) is 5.50. The lowest BCUT2D eigenvalue weighted by atomic mass is 10.3. The fourth-order valence-electron chi connectivity index (χ4n) is 1.41. The summed E-state index contributed by atoms with van der Waals surface area (Å²) in [5.74, 6) is -0.203. The SMILES string of the molecule is O=C(O)C=Cc1csc(COc2ccc(Cl)cc2)c1. The minimum Gasteiger partial charge on any atom is -0.488 e. The molecule has 1 aromatic heterocycles. The van der Waals surface area contributed by atoms with E-state index < -0.39 is 5.97 Å². The van der Waals surface area contributed by atoms with E-state index in [4.69, 9.17) is 21.4 Å². The number of hydrogen-bond donors (Lipinski definition) is 1. The zero-order chi connectivity index (χ0) is 13.7. The summed E-state index contributed by atoms with van der Waals surface area (Å²) in [6, 6.07) is 9.06. The van der Waals surface area contributed by atoms with Crippen LogP contribution in [-0.2, 0) is 11.4 Å². The van der Waals surface area contributed by atoms with E-state index in [0.29, 0.717) is 11.6 Å². The molecule has 0 atom stereocenters. The second-order valence-corrected chi connectivity index (χ2v) is 5.19. The highest BCUT2D eigenvalue weighted by Crippen LogP contribution is 2.20. The largest absolute Gasteiger partial charge is 0.488 e. The van der Waals surface area contributed by atoms with E-state index in [-0.39, 0.29) is 0 Å². The molecule has 2 aromatic rings. The zero-order valence-electron chi connectivity index (χ0n) is 9.88. The Hall–Kier alpha value is -1.78. The van der Waals surface area contributed by atoms with Gasteiger partial charge in [0.25, 0.3) is 0 Å². The van der Waals surface area contributed by atoms with Gasteiger partial charge in [-0.1, -0.05) is 11.6 Å². The maximum Gasteiger partial charge on any atom is 0.328 e. The molecule has 1 heterocycles. The molecule has 0 saturated carbocycles. The summed E-state index contributed by atoms with van der Waals surface area (Å²) in [6.45, 7) is 0.452. The van der Waals surface area contributed by atoms with Crippen molar-refractivity contribution >= 4 is 35.0 Å². The first-order valence-corrected chi connectivity index (χ1v) is 6.76. The van der Waals surface area contributed by atoms with Crippen molar-refractivity contribution in [2.24, 2.45) is 0 Å². The molecule has 0 fully saturated rings. The summed E-state index contributed by atoms with van der Waals surface area (Å²) < 4.78 is 5.60. The van der Waals surface area contributed by atoms with Crippen molar-refractivity contribution in [3.05, 3.63) is 57.3 Å². The van der Waals surface area contributed by atoms with Crippen LogP contribution in [0.5, 0.6) is 5.75 Å². The van der Waals surface area contributed by atoms with Crippen molar-refractivity contribution in [3.8, 4) is 5.75 Å². The number of hydrogen-bond acceptors (Lipinski definition) is 3. The molecule has 1 aromatic carbocycles. The number of thiophene rings is 1. The van der Waals surface area contributed by atoms with Gasteiger partial charge < -0.3 is 9.84 Å². The van der Waals surface area contributed by atoms with Gasteiger partial charge in [0, 0.05) is 16.0 Å². The summed E-state index contributed by atoms with van der Waals surface area (Å²) in [4.78, 5) is 11.4. The van der Waals surface area contributed by atoms with E-state index in [1.54, 1.807) is 30.3 Å². The Labute approximate surface area is 119 Å². The summed E-state index contributed by atoms with van der Waals surface area (Å²) in [5.41, 5.74) is 0.863. The first kappa shape index (κ1) is 13.6. The number of aliphatic carboxylic acids is 1. The van der Waals surface area contributed by atoms with Gasteiger partial charge in [0.2, 0.25) is 0 Å². The topological polar surface area (TPSA) is 46.5 Å². The van der Waals surface area contributed by atoms with Crippen LogP contribution in [0.3, 0.4) is 0 Å². The first-order chi connectivity index (χ1) is 9.13. The van der Waals surface area contributed by atoms with Crippen molar-refractivity contribution in [3.63, 3.8) is 0 Å². The fraction of sp³-hybridized carbons (Fsp3) is 0.0714. The molecular formula is C14H11ClO3S. The smallest absolute Gasteiger partial charge is 0.328 e. The standard InChI is InChI=1S/C14H11ClO3S/c15-11-2-4-12(5-3-11)18-8-13-7-10(9-19-13)1-6-14(16)17/h1-7,9H,8H2,(H,16,17). The van der Waals surface area contributed by atoms with Crippen LogP contribution in [-0.4, -0.2) is 11.1 Å². The number of halogens is 1. The Bertz CT molecular complexity index is 587. The number of benzene rings is 1. The summed E-state index contributed by atoms with van der Waals surface area (Å²) in [5, 5.41) is 11.1. The molecule has 2 rings (SSSR count). The highest BCUT2D eigenvalue weighted by molar-refractivity contribution is 7.10. The molecule has 0 radical (unpaired) electrons. The molecule has 0 aliphatic heterocycles. The van der Waals surface area contributed by atoms with Crippen LogP contribution >= 0.6 is 22.9 Å². The van der Waals surface area contributed by atoms with E-state index in [2.05, 4.69) is 0 Å². The maximum absolute atomic E-state index is 10.4. The number of carboxylic acid groups (broad SMARTS) is 1. The molecule has 0 aliphatic carbocycles. The lowest BCUT2D eigenvalue weighted by Gasteiger charge is -2.03. The Morgan fingerprint density at radius 2 is 2.11 bits per heavy atom. The Kier molecular flexibility index (Phi) is 4.60. The molecular weight excluding hydrogens is 284 g/mol. The third-order valence-corrected chi connectivity index (χ3v) is 3.47. The number of carbonyl (C=O) groups is 1. The Balaban J connectivity index is 1.93. The van der Waals surface area contributed by atoms with Crippen LogP contribution in [0.2, 0.25) is 5.02 Å². The van der Waals surface area contributed by atoms with E-state index in [0.717, 1.165) is 22.3 Å². The quantitative estimate of drug-likeness (QED) is 0.845. The second-order valence-electron chi connectivity index (χ2n) is 3.76. The number of rotatable bonds is 5. The maximum atomic E-state index is 10.4. The lowest BCUT2D eigenvalue weighted by Crippen LogP contribution is -1.92. The molecule has 1 N–H and O–H groups in total. The average Bonchev–Trinajstić information content (AvgIpc) is 2.84. The molecule has 0 bridgehead atoms. The molecule has 0 spiro atoms. The van der Waals surface area contributed by atoms with Gasteiger partial charge in [-0.25, -0.2) is 4.79 Å². The highest BCUT2D eigenvalue weighted by Gasteiger charge is 2.00. The minimum absolute atomic E-state index is 0.452. The summed E-state index contributed by atoms with van der Waals surface area (Å²) >= 11 is 7.31. The van der Waals surface area contributed by atoms with Crippen molar-refractivity contribution < 1.29 is 14.6 Å². The lowest BCUT2D eigenvalue weighted by molar-refractivity contribution is -0.131. The molecule has 0 saturated heterocycles. The molecule has 98 valence electrons. The summed E-state index contributed by atoms with van der Waals surface area (Å²) in [6.07, 6.45) is 2.68. The van der Waals surface area contributed by atoms with Gasteiger partial charge in [0.1, 0.15) is 12.4 Å². The van der Waals surface area contributed by atoms with Crippen molar-refractivity contribution in [1.82, 2.24) is 0 Å². The van der Waals surface area contributed by atoms with E-state index in [9.17, 15) is 4.79 Å². The molecule has 19 heavy (non-hydrogen) atoms. The van der Waals surface area contributed by atoms with Gasteiger partial charge in [-0.2, -0.15) is 0 Å². The Morgan fingerprint density at radius 3 is 2.79 bits per heavy atom. The van der Waals surface area contributed by atoms with Crippen molar-refractivity contribution in [1.29, 1.82) is 0 Å². The number of carboxylic acids is 1. The van der Waals surface area contributed by atoms with Crippen LogP contribution < -0.4 is 4.74 Å². The van der Waals surface area contributed by atoms with Crippen molar-refractivity contribution in [2.75, 3.05) is 0 Å². The zero-order valence-corrected chi connectivity index (χ0v) is 11.4. The van der Waals surface area contributed by atoms with Crippen molar-refractivity contribution in [2.45, 2.75) is 6.61 Å². The van der Waals surface area contributed by atoms with Crippen LogP contribution in [0, 0.1) is 0 Å². The molecule has 3 nitrogen and oxygen atoms in total. The van der Waals surface area contributed by atoms with Crippen LogP contribution in [0.15, 0.2) is 41.8 Å². The van der Waals surface area contributed by atoms with Crippen LogP contribution in [0.1, 0.15) is 10.4 Å². The molecule has 0 unspecified atom stereocenters. The summed E-state index contributed by atoms with van der Waals surface area (Å²) in [7, 11) is 0. The third kappa shape index (κ3) is 4.43. The molecule has 0 aliphatic rings. The van der Waals surface area contributed by atoms with Gasteiger partial charge in [-0.3, -0.25) is 0 Å². The molecule has 5 heteroatoms. The van der Waals surface area contributed by atoms with Crippen LogP contribution in [0.25, 0.3) is 6.08 Å². The fourth-order valence-corrected chi connectivity index (χ4v) is 2.30. The average molecular weight is 295 g/mol. The third-order valence-electron chi connectivity index (χ3n) is 2.29. The normalized spacial score (nSPS) is 10.8. The van der Waals surface area contributed by atoms with Gasteiger partial charge in [-0.15, -0.1) is 11.3 Å². The van der Waals surface area contributed by atoms with Gasteiger partial charge in [0.05, 0.1) is 0 Å². The second kappa shape index (κ2) is 6.41. The Morgan fingerprint density at radius 1 is 1.37 bits per heavy atom. The monoisotopic (exact) mass is 294 g/mol. The van der Waals surface area contributed by atoms with E-state index in [1.165, 1.54) is 11.3 Å². The van der Waals surface area contributed by atoms with Gasteiger partial charge in [0.15, 0.2) is 0 Å². The van der Waals surface area contributed by atoms with Gasteiger partial charge in [-0.05, 0) is 47.4 Å². The predicted octanol–water partition coefficient (Wildman–Crippen LogP) is 4.08. The predicted molar refractivity (Wildman–Crippen MR) is 76.8 cm³/mol. The molecule has 0 amide bonds. The highest BCUT2D eigenvalue weighted by atomic mass is 35.5.